The Balaban J connectivity index is 2.72. The SMILES string of the molecule is CCC(C)C(C)C(=O)N1CCCC(C)(C(=O)O)C1. The van der Waals surface area contributed by atoms with Crippen LogP contribution < -0.4 is 0 Å². The van der Waals surface area contributed by atoms with Gasteiger partial charge in [-0.3, -0.25) is 9.59 Å². The predicted molar refractivity (Wildman–Crippen MR) is 70.2 cm³/mol. The molecule has 3 unspecified atom stereocenters. The zero-order chi connectivity index (χ0) is 13.9. The number of carboxylic acid groups (broad SMARTS) is 1. The Labute approximate surface area is 109 Å². The van der Waals surface area contributed by atoms with Gasteiger partial charge in [-0.2, -0.15) is 0 Å². The van der Waals surface area contributed by atoms with Crippen molar-refractivity contribution in [2.24, 2.45) is 17.3 Å². The Bertz CT molecular complexity index is 329. The maximum Gasteiger partial charge on any atom is 0.311 e. The average Bonchev–Trinajstić information content (AvgIpc) is 2.35. The average molecular weight is 255 g/mol. The van der Waals surface area contributed by atoms with Crippen molar-refractivity contribution >= 4 is 11.9 Å². The van der Waals surface area contributed by atoms with Gasteiger partial charge in [-0.05, 0) is 25.7 Å². The summed E-state index contributed by atoms with van der Waals surface area (Å²) in [5, 5.41) is 9.25. The molecule has 1 N–H and O–H groups in total. The van der Waals surface area contributed by atoms with Crippen LogP contribution in [0.1, 0.15) is 47.0 Å². The van der Waals surface area contributed by atoms with Gasteiger partial charge in [-0.25, -0.2) is 0 Å². The molecule has 1 saturated heterocycles. The van der Waals surface area contributed by atoms with E-state index in [1.165, 1.54) is 0 Å². The molecule has 4 nitrogen and oxygen atoms in total. The van der Waals surface area contributed by atoms with Gasteiger partial charge in [0, 0.05) is 19.0 Å². The molecule has 1 amide bonds. The van der Waals surface area contributed by atoms with E-state index in [9.17, 15) is 14.7 Å². The molecule has 1 aliphatic heterocycles. The minimum atomic E-state index is -0.795. The van der Waals surface area contributed by atoms with Crippen molar-refractivity contribution in [1.82, 2.24) is 4.90 Å². The molecule has 0 aromatic rings. The number of hydrogen-bond acceptors (Lipinski definition) is 2. The van der Waals surface area contributed by atoms with Gasteiger partial charge in [0.05, 0.1) is 5.41 Å². The molecule has 1 aliphatic rings. The van der Waals surface area contributed by atoms with Gasteiger partial charge in [0.2, 0.25) is 5.91 Å². The Morgan fingerprint density at radius 3 is 2.50 bits per heavy atom. The Kier molecular flexibility index (Phi) is 4.77. The predicted octanol–water partition coefficient (Wildman–Crippen LogP) is 2.38. The lowest BCUT2D eigenvalue weighted by atomic mass is 9.81. The Morgan fingerprint density at radius 1 is 1.39 bits per heavy atom. The first-order valence-electron chi connectivity index (χ1n) is 6.84. The zero-order valence-corrected chi connectivity index (χ0v) is 11.9. The molecule has 0 radical (unpaired) electrons. The number of aliphatic carboxylic acids is 1. The molecule has 0 aromatic carbocycles. The van der Waals surface area contributed by atoms with Gasteiger partial charge in [0.1, 0.15) is 0 Å². The van der Waals surface area contributed by atoms with Crippen molar-refractivity contribution in [2.75, 3.05) is 13.1 Å². The first-order valence-corrected chi connectivity index (χ1v) is 6.84. The number of amides is 1. The van der Waals surface area contributed by atoms with Gasteiger partial charge < -0.3 is 10.0 Å². The first-order chi connectivity index (χ1) is 8.31. The second-order valence-electron chi connectivity index (χ2n) is 5.90. The summed E-state index contributed by atoms with van der Waals surface area (Å²) in [5.74, 6) is -0.366. The largest absolute Gasteiger partial charge is 0.481 e. The third kappa shape index (κ3) is 3.03. The van der Waals surface area contributed by atoms with E-state index >= 15 is 0 Å². The summed E-state index contributed by atoms with van der Waals surface area (Å²) in [6.07, 6.45) is 2.41. The van der Waals surface area contributed by atoms with Crippen molar-refractivity contribution in [2.45, 2.75) is 47.0 Å². The Hall–Kier alpha value is -1.06. The van der Waals surface area contributed by atoms with Crippen LogP contribution in [0, 0.1) is 17.3 Å². The summed E-state index contributed by atoms with van der Waals surface area (Å²) in [6, 6.07) is 0. The first kappa shape index (κ1) is 15.0. The molecular formula is C14H25NO3. The van der Waals surface area contributed by atoms with Gasteiger partial charge in [0.15, 0.2) is 0 Å². The normalized spacial score (nSPS) is 27.7. The molecule has 18 heavy (non-hydrogen) atoms. The molecule has 4 heteroatoms. The molecule has 3 atom stereocenters. The van der Waals surface area contributed by atoms with Crippen LogP contribution in [0.5, 0.6) is 0 Å². The van der Waals surface area contributed by atoms with Crippen molar-refractivity contribution in [1.29, 1.82) is 0 Å². The van der Waals surface area contributed by atoms with Crippen molar-refractivity contribution in [3.05, 3.63) is 0 Å². The standard InChI is InChI=1S/C14H25NO3/c1-5-10(2)11(3)12(16)15-8-6-7-14(4,9-15)13(17)18/h10-11H,5-9H2,1-4H3,(H,17,18). The second-order valence-corrected chi connectivity index (χ2v) is 5.90. The molecule has 104 valence electrons. The highest BCUT2D eigenvalue weighted by Gasteiger charge is 2.40. The van der Waals surface area contributed by atoms with E-state index in [0.29, 0.717) is 25.4 Å². The molecular weight excluding hydrogens is 230 g/mol. The molecule has 0 aliphatic carbocycles. The highest BCUT2D eigenvalue weighted by atomic mass is 16.4. The monoisotopic (exact) mass is 255 g/mol. The molecule has 1 fully saturated rings. The van der Waals surface area contributed by atoms with E-state index < -0.39 is 11.4 Å². The zero-order valence-electron chi connectivity index (χ0n) is 11.9. The Morgan fingerprint density at radius 2 is 2.00 bits per heavy atom. The van der Waals surface area contributed by atoms with Gasteiger partial charge >= 0.3 is 5.97 Å². The fraction of sp³-hybridized carbons (Fsp3) is 0.857. The van der Waals surface area contributed by atoms with Crippen LogP contribution in [-0.4, -0.2) is 35.0 Å². The summed E-state index contributed by atoms with van der Waals surface area (Å²) in [6.45, 7) is 8.88. The van der Waals surface area contributed by atoms with Crippen molar-refractivity contribution in [3.8, 4) is 0 Å². The second kappa shape index (κ2) is 5.72. The lowest BCUT2D eigenvalue weighted by Crippen LogP contribution is -2.50. The van der Waals surface area contributed by atoms with Gasteiger partial charge in [-0.15, -0.1) is 0 Å². The summed E-state index contributed by atoms with van der Waals surface area (Å²) >= 11 is 0. The van der Waals surface area contributed by atoms with Crippen LogP contribution in [-0.2, 0) is 9.59 Å². The van der Waals surface area contributed by atoms with E-state index in [2.05, 4.69) is 13.8 Å². The lowest BCUT2D eigenvalue weighted by molar-refractivity contribution is -0.154. The van der Waals surface area contributed by atoms with Crippen molar-refractivity contribution < 1.29 is 14.7 Å². The summed E-state index contributed by atoms with van der Waals surface area (Å²) < 4.78 is 0. The number of carbonyl (C=O) groups excluding carboxylic acids is 1. The summed E-state index contributed by atoms with van der Waals surface area (Å²) in [5.41, 5.74) is -0.775. The molecule has 0 spiro atoms. The lowest BCUT2D eigenvalue weighted by Gasteiger charge is -2.39. The number of nitrogens with zero attached hydrogens (tertiary/aromatic N) is 1. The number of hydrogen-bond donors (Lipinski definition) is 1. The number of carbonyl (C=O) groups is 2. The number of carboxylic acids is 1. The van der Waals surface area contributed by atoms with Crippen LogP contribution in [0.15, 0.2) is 0 Å². The maximum absolute atomic E-state index is 12.3. The third-order valence-electron chi connectivity index (χ3n) is 4.41. The summed E-state index contributed by atoms with van der Waals surface area (Å²) in [7, 11) is 0. The van der Waals surface area contributed by atoms with Crippen LogP contribution in [0.3, 0.4) is 0 Å². The smallest absolute Gasteiger partial charge is 0.311 e. The van der Waals surface area contributed by atoms with E-state index in [1.54, 1.807) is 11.8 Å². The van der Waals surface area contributed by atoms with E-state index in [-0.39, 0.29) is 11.8 Å². The van der Waals surface area contributed by atoms with E-state index in [4.69, 9.17) is 0 Å². The van der Waals surface area contributed by atoms with E-state index in [0.717, 1.165) is 12.8 Å². The maximum atomic E-state index is 12.3. The fourth-order valence-electron chi connectivity index (χ4n) is 2.49. The topological polar surface area (TPSA) is 57.6 Å². The fourth-order valence-corrected chi connectivity index (χ4v) is 2.49. The quantitative estimate of drug-likeness (QED) is 0.839. The van der Waals surface area contributed by atoms with Crippen LogP contribution in [0.4, 0.5) is 0 Å². The molecule has 1 rings (SSSR count). The van der Waals surface area contributed by atoms with Gasteiger partial charge in [-0.1, -0.05) is 27.2 Å². The van der Waals surface area contributed by atoms with Gasteiger partial charge in [0.25, 0.3) is 0 Å². The molecule has 0 saturated carbocycles. The highest BCUT2D eigenvalue weighted by molar-refractivity contribution is 5.81. The van der Waals surface area contributed by atoms with E-state index in [1.807, 2.05) is 6.92 Å². The molecule has 0 bridgehead atoms. The van der Waals surface area contributed by atoms with Crippen LogP contribution in [0.25, 0.3) is 0 Å². The third-order valence-corrected chi connectivity index (χ3v) is 4.41. The van der Waals surface area contributed by atoms with Crippen LogP contribution >= 0.6 is 0 Å². The van der Waals surface area contributed by atoms with Crippen LogP contribution in [0.2, 0.25) is 0 Å². The minimum absolute atomic E-state index is 0.0221. The number of likely N-dealkylation sites (tertiary alicyclic amines) is 1. The molecule has 0 aromatic heterocycles. The number of rotatable bonds is 4. The van der Waals surface area contributed by atoms with Crippen molar-refractivity contribution in [3.63, 3.8) is 0 Å². The minimum Gasteiger partial charge on any atom is -0.481 e. The highest BCUT2D eigenvalue weighted by Crippen LogP contribution is 2.31. The molecule has 1 heterocycles. The number of piperidine rings is 1. The summed E-state index contributed by atoms with van der Waals surface area (Å²) in [4.78, 5) is 25.4.